The highest BCUT2D eigenvalue weighted by Gasteiger charge is 2.13. The van der Waals surface area contributed by atoms with Crippen LogP contribution >= 0.6 is 0 Å². The maximum Gasteiger partial charge on any atom is 0.387 e. The fraction of sp³-hybridized carbons (Fsp3) is 0.0588. The van der Waals surface area contributed by atoms with Gasteiger partial charge in [0.15, 0.2) is 11.2 Å². The summed E-state index contributed by atoms with van der Waals surface area (Å²) in [6, 6.07) is 13.1. The first-order valence-corrected chi connectivity index (χ1v) is 6.92. The molecule has 1 heterocycles. The molecule has 3 rings (SSSR count). The lowest BCUT2D eigenvalue weighted by atomic mass is 10.2. The van der Waals surface area contributed by atoms with E-state index in [1.165, 1.54) is 24.3 Å². The average molecular weight is 331 g/mol. The molecule has 0 bridgehead atoms. The maximum absolute atomic E-state index is 12.2. The van der Waals surface area contributed by atoms with Gasteiger partial charge in [0, 0.05) is 11.8 Å². The minimum Gasteiger partial charge on any atom is -0.451 e. The summed E-state index contributed by atoms with van der Waals surface area (Å²) in [4.78, 5) is 24.2. The number of fused-ring (bicyclic) bond motifs is 1. The molecule has 0 aliphatic carbocycles. The Labute approximate surface area is 134 Å². The number of nitrogens with one attached hydrogen (secondary N) is 1. The molecule has 3 aromatic rings. The SMILES string of the molecule is O=C(Nc1ccc(OC(F)F)cc1)c1cc(=O)c2ccccc2o1. The number of amides is 1. The zero-order chi connectivity index (χ0) is 17.1. The van der Waals surface area contributed by atoms with E-state index in [0.717, 1.165) is 6.07 Å². The standard InChI is InChI=1S/C17H11F2NO4/c18-17(19)23-11-7-5-10(6-8-11)20-16(22)15-9-13(21)12-3-1-2-4-14(12)24-15/h1-9,17H,(H,20,22). The van der Waals surface area contributed by atoms with Crippen molar-refractivity contribution < 1.29 is 22.7 Å². The van der Waals surface area contributed by atoms with E-state index < -0.39 is 12.5 Å². The molecular weight excluding hydrogens is 320 g/mol. The smallest absolute Gasteiger partial charge is 0.387 e. The molecule has 122 valence electrons. The summed E-state index contributed by atoms with van der Waals surface area (Å²) in [5.74, 6) is -0.799. The Morgan fingerprint density at radius 1 is 1.08 bits per heavy atom. The van der Waals surface area contributed by atoms with Crippen molar-refractivity contribution in [2.24, 2.45) is 0 Å². The van der Waals surface area contributed by atoms with Gasteiger partial charge in [0.1, 0.15) is 11.3 Å². The van der Waals surface area contributed by atoms with E-state index in [2.05, 4.69) is 10.1 Å². The molecule has 0 aliphatic rings. The molecule has 0 aliphatic heterocycles. The van der Waals surface area contributed by atoms with Gasteiger partial charge in [-0.25, -0.2) is 0 Å². The van der Waals surface area contributed by atoms with Crippen LogP contribution in [0.25, 0.3) is 11.0 Å². The second-order valence-electron chi connectivity index (χ2n) is 4.83. The van der Waals surface area contributed by atoms with Gasteiger partial charge in [-0.1, -0.05) is 12.1 Å². The number of carbonyl (C=O) groups excluding carboxylic acids is 1. The largest absolute Gasteiger partial charge is 0.451 e. The number of carbonyl (C=O) groups is 1. The predicted octanol–water partition coefficient (Wildman–Crippen LogP) is 3.65. The number of para-hydroxylation sites is 1. The van der Waals surface area contributed by atoms with E-state index in [1.807, 2.05) is 0 Å². The van der Waals surface area contributed by atoms with Crippen LogP contribution in [0, 0.1) is 0 Å². The number of rotatable bonds is 4. The average Bonchev–Trinajstić information content (AvgIpc) is 2.56. The molecule has 0 unspecified atom stereocenters. The van der Waals surface area contributed by atoms with Gasteiger partial charge in [-0.05, 0) is 36.4 Å². The second-order valence-corrected chi connectivity index (χ2v) is 4.83. The lowest BCUT2D eigenvalue weighted by Crippen LogP contribution is -2.15. The Kier molecular flexibility index (Phi) is 4.24. The van der Waals surface area contributed by atoms with Crippen molar-refractivity contribution in [3.8, 4) is 5.75 Å². The summed E-state index contributed by atoms with van der Waals surface area (Å²) in [5.41, 5.74) is 0.316. The molecule has 5 nitrogen and oxygen atoms in total. The van der Waals surface area contributed by atoms with Gasteiger partial charge in [0.25, 0.3) is 5.91 Å². The molecule has 0 saturated carbocycles. The van der Waals surface area contributed by atoms with Crippen LogP contribution in [0.2, 0.25) is 0 Å². The first kappa shape index (κ1) is 15.7. The molecule has 0 atom stereocenters. The molecule has 0 radical (unpaired) electrons. The molecule has 0 spiro atoms. The Morgan fingerprint density at radius 2 is 1.79 bits per heavy atom. The first-order chi connectivity index (χ1) is 11.5. The molecule has 1 amide bonds. The van der Waals surface area contributed by atoms with E-state index in [-0.39, 0.29) is 16.9 Å². The highest BCUT2D eigenvalue weighted by molar-refractivity contribution is 6.02. The third kappa shape index (κ3) is 3.40. The highest BCUT2D eigenvalue weighted by Crippen LogP contribution is 2.19. The van der Waals surface area contributed by atoms with Crippen molar-refractivity contribution in [1.29, 1.82) is 0 Å². The number of hydrogen-bond acceptors (Lipinski definition) is 4. The molecule has 24 heavy (non-hydrogen) atoms. The van der Waals surface area contributed by atoms with Crippen molar-refractivity contribution in [1.82, 2.24) is 0 Å². The molecule has 1 N–H and O–H groups in total. The van der Waals surface area contributed by atoms with Gasteiger partial charge in [0.2, 0.25) is 0 Å². The molecule has 0 saturated heterocycles. The van der Waals surface area contributed by atoms with E-state index >= 15 is 0 Å². The molecule has 2 aromatic carbocycles. The second kappa shape index (κ2) is 6.49. The topological polar surface area (TPSA) is 68.5 Å². The van der Waals surface area contributed by atoms with Crippen LogP contribution in [0.15, 0.2) is 63.8 Å². The Hall–Kier alpha value is -3.22. The van der Waals surface area contributed by atoms with Crippen LogP contribution in [0.3, 0.4) is 0 Å². The van der Waals surface area contributed by atoms with Crippen LogP contribution in [0.5, 0.6) is 5.75 Å². The summed E-state index contributed by atoms with van der Waals surface area (Å²) in [7, 11) is 0. The number of hydrogen-bond donors (Lipinski definition) is 1. The van der Waals surface area contributed by atoms with Gasteiger partial charge < -0.3 is 14.5 Å². The van der Waals surface area contributed by atoms with Crippen molar-refractivity contribution >= 4 is 22.6 Å². The minimum absolute atomic E-state index is 0.0276. The van der Waals surface area contributed by atoms with Gasteiger partial charge >= 0.3 is 6.61 Å². The fourth-order valence-electron chi connectivity index (χ4n) is 2.13. The first-order valence-electron chi connectivity index (χ1n) is 6.92. The fourth-order valence-corrected chi connectivity index (χ4v) is 2.13. The molecule has 7 heteroatoms. The number of benzene rings is 2. The summed E-state index contributed by atoms with van der Waals surface area (Å²) < 4.78 is 33.8. The maximum atomic E-state index is 12.2. The minimum atomic E-state index is -2.92. The molecular formula is C17H11F2NO4. The zero-order valence-electron chi connectivity index (χ0n) is 12.2. The van der Waals surface area contributed by atoms with Gasteiger partial charge in [-0.2, -0.15) is 8.78 Å². The quantitative estimate of drug-likeness (QED) is 0.792. The van der Waals surface area contributed by atoms with Crippen LogP contribution in [-0.4, -0.2) is 12.5 Å². The third-order valence-corrected chi connectivity index (χ3v) is 3.20. The normalized spacial score (nSPS) is 10.8. The monoisotopic (exact) mass is 331 g/mol. The zero-order valence-corrected chi connectivity index (χ0v) is 12.2. The Morgan fingerprint density at radius 3 is 2.50 bits per heavy atom. The number of ether oxygens (including phenoxy) is 1. The highest BCUT2D eigenvalue weighted by atomic mass is 19.3. The summed E-state index contributed by atoms with van der Waals surface area (Å²) >= 11 is 0. The summed E-state index contributed by atoms with van der Waals surface area (Å²) in [6.45, 7) is -2.92. The summed E-state index contributed by atoms with van der Waals surface area (Å²) in [5, 5.41) is 2.89. The molecule has 0 fully saturated rings. The van der Waals surface area contributed by atoms with Crippen LogP contribution in [0.4, 0.5) is 14.5 Å². The van der Waals surface area contributed by atoms with Crippen LogP contribution in [-0.2, 0) is 0 Å². The number of anilines is 1. The van der Waals surface area contributed by atoms with E-state index in [0.29, 0.717) is 16.7 Å². The number of alkyl halides is 2. The Bertz CT molecular complexity index is 935. The third-order valence-electron chi connectivity index (χ3n) is 3.20. The van der Waals surface area contributed by atoms with Crippen molar-refractivity contribution in [3.05, 3.63) is 70.6 Å². The van der Waals surface area contributed by atoms with Crippen molar-refractivity contribution in [2.75, 3.05) is 5.32 Å². The van der Waals surface area contributed by atoms with Crippen molar-refractivity contribution in [2.45, 2.75) is 6.61 Å². The lowest BCUT2D eigenvalue weighted by Gasteiger charge is -2.07. The summed E-state index contributed by atoms with van der Waals surface area (Å²) in [6.07, 6.45) is 0. The van der Waals surface area contributed by atoms with E-state index in [1.54, 1.807) is 24.3 Å². The van der Waals surface area contributed by atoms with E-state index in [9.17, 15) is 18.4 Å². The number of halogens is 2. The van der Waals surface area contributed by atoms with Gasteiger partial charge in [0.05, 0.1) is 5.39 Å². The van der Waals surface area contributed by atoms with Crippen LogP contribution in [0.1, 0.15) is 10.6 Å². The van der Waals surface area contributed by atoms with Crippen LogP contribution < -0.4 is 15.5 Å². The molecule has 1 aromatic heterocycles. The van der Waals surface area contributed by atoms with Crippen molar-refractivity contribution in [3.63, 3.8) is 0 Å². The Balaban J connectivity index is 1.81. The van der Waals surface area contributed by atoms with Gasteiger partial charge in [-0.3, -0.25) is 9.59 Å². The van der Waals surface area contributed by atoms with E-state index in [4.69, 9.17) is 4.42 Å². The lowest BCUT2D eigenvalue weighted by molar-refractivity contribution is -0.0498. The predicted molar refractivity (Wildman–Crippen MR) is 83.5 cm³/mol. The van der Waals surface area contributed by atoms with Gasteiger partial charge in [-0.15, -0.1) is 0 Å².